The fourth-order valence-electron chi connectivity index (χ4n) is 5.27. The van der Waals surface area contributed by atoms with Gasteiger partial charge in [0, 0.05) is 5.92 Å². The first kappa shape index (κ1) is 19.8. The van der Waals surface area contributed by atoms with Crippen molar-refractivity contribution in [2.24, 2.45) is 0 Å². The minimum absolute atomic E-state index is 0.234. The lowest BCUT2D eigenvalue weighted by Gasteiger charge is -2.20. The summed E-state index contributed by atoms with van der Waals surface area (Å²) in [6.07, 6.45) is 0. The predicted octanol–water partition coefficient (Wildman–Crippen LogP) is 8.80. The van der Waals surface area contributed by atoms with Gasteiger partial charge in [0.25, 0.3) is 0 Å². The van der Waals surface area contributed by atoms with Gasteiger partial charge in [-0.15, -0.1) is 0 Å². The molecular weight excluding hydrogens is 396 g/mol. The highest BCUT2D eigenvalue weighted by atomic mass is 14.4. The van der Waals surface area contributed by atoms with Crippen LogP contribution in [0.1, 0.15) is 33.7 Å². The lowest BCUT2D eigenvalue weighted by atomic mass is 9.83. The largest absolute Gasteiger partial charge is 0.0622 e. The molecule has 0 radical (unpaired) electrons. The Morgan fingerprint density at radius 1 is 0.455 bits per heavy atom. The van der Waals surface area contributed by atoms with Crippen LogP contribution in [0.15, 0.2) is 115 Å². The molecule has 0 saturated carbocycles. The molecular formula is C33H26. The van der Waals surface area contributed by atoms with Crippen molar-refractivity contribution < 1.29 is 0 Å². The third-order valence-corrected chi connectivity index (χ3v) is 6.88. The molecule has 0 bridgehead atoms. The van der Waals surface area contributed by atoms with E-state index in [1.54, 1.807) is 0 Å². The minimum atomic E-state index is 0.234. The van der Waals surface area contributed by atoms with Crippen LogP contribution in [0.2, 0.25) is 0 Å². The SMILES string of the molecule is Cc1ccc(-c2cc(-c3ccccc3)cc3c2C(c2ccccc2)c2cc(C)ccc2-3)cc1. The Morgan fingerprint density at radius 3 is 1.82 bits per heavy atom. The van der Waals surface area contributed by atoms with Crippen LogP contribution in [0.25, 0.3) is 33.4 Å². The third kappa shape index (κ3) is 3.39. The summed E-state index contributed by atoms with van der Waals surface area (Å²) in [5, 5.41) is 0. The molecule has 0 fully saturated rings. The highest BCUT2D eigenvalue weighted by Gasteiger charge is 2.33. The van der Waals surface area contributed by atoms with Gasteiger partial charge in [-0.05, 0) is 76.1 Å². The van der Waals surface area contributed by atoms with Gasteiger partial charge < -0.3 is 0 Å². The summed E-state index contributed by atoms with van der Waals surface area (Å²) in [4.78, 5) is 0. The topological polar surface area (TPSA) is 0 Å². The molecule has 0 aliphatic heterocycles. The lowest BCUT2D eigenvalue weighted by Crippen LogP contribution is -2.02. The Bertz CT molecular complexity index is 1440. The zero-order valence-corrected chi connectivity index (χ0v) is 19.0. The molecule has 0 amide bonds. The minimum Gasteiger partial charge on any atom is -0.0622 e. The van der Waals surface area contributed by atoms with E-state index in [2.05, 4.69) is 129 Å². The van der Waals surface area contributed by atoms with Crippen molar-refractivity contribution in [1.29, 1.82) is 0 Å². The molecule has 158 valence electrons. The standard InChI is InChI=1S/C33H26/c1-22-13-16-25(17-14-22)29-20-27(24-9-5-3-6-10-24)21-31-28-18-15-23(2)19-30(28)32(33(29)31)26-11-7-4-8-12-26/h3-21,32H,1-2H3. The summed E-state index contributed by atoms with van der Waals surface area (Å²) < 4.78 is 0. The Hall–Kier alpha value is -3.90. The average Bonchev–Trinajstić information content (AvgIpc) is 3.18. The average molecular weight is 423 g/mol. The van der Waals surface area contributed by atoms with E-state index in [-0.39, 0.29) is 5.92 Å². The molecule has 5 aromatic carbocycles. The van der Waals surface area contributed by atoms with Crippen LogP contribution in [0.5, 0.6) is 0 Å². The van der Waals surface area contributed by atoms with Crippen LogP contribution in [0.3, 0.4) is 0 Å². The Morgan fingerprint density at radius 2 is 1.09 bits per heavy atom. The molecule has 1 unspecified atom stereocenters. The number of hydrogen-bond acceptors (Lipinski definition) is 0. The maximum absolute atomic E-state index is 2.40. The van der Waals surface area contributed by atoms with Crippen molar-refractivity contribution in [1.82, 2.24) is 0 Å². The first-order valence-electron chi connectivity index (χ1n) is 11.7. The van der Waals surface area contributed by atoms with Crippen molar-refractivity contribution in [2.45, 2.75) is 19.8 Å². The molecule has 0 spiro atoms. The van der Waals surface area contributed by atoms with Crippen LogP contribution in [0.4, 0.5) is 0 Å². The van der Waals surface area contributed by atoms with E-state index in [0.29, 0.717) is 0 Å². The van der Waals surface area contributed by atoms with Crippen LogP contribution < -0.4 is 0 Å². The normalized spacial score (nSPS) is 14.1. The number of aryl methyl sites for hydroxylation is 2. The zero-order chi connectivity index (χ0) is 22.4. The quantitative estimate of drug-likeness (QED) is 0.267. The van der Waals surface area contributed by atoms with Gasteiger partial charge in [0.2, 0.25) is 0 Å². The van der Waals surface area contributed by atoms with Gasteiger partial charge in [0.15, 0.2) is 0 Å². The van der Waals surface area contributed by atoms with Crippen LogP contribution in [-0.4, -0.2) is 0 Å². The molecule has 5 aromatic rings. The molecule has 6 rings (SSSR count). The zero-order valence-electron chi connectivity index (χ0n) is 19.0. The molecule has 0 N–H and O–H groups in total. The summed E-state index contributed by atoms with van der Waals surface area (Å²) in [6, 6.07) is 42.5. The molecule has 0 nitrogen and oxygen atoms in total. The van der Waals surface area contributed by atoms with Crippen LogP contribution in [0, 0.1) is 13.8 Å². The number of benzene rings is 5. The highest BCUT2D eigenvalue weighted by molar-refractivity contribution is 5.92. The van der Waals surface area contributed by atoms with Gasteiger partial charge in [-0.3, -0.25) is 0 Å². The van der Waals surface area contributed by atoms with E-state index in [1.165, 1.54) is 61.2 Å². The Labute approximate surface area is 196 Å². The molecule has 1 aliphatic rings. The van der Waals surface area contributed by atoms with Gasteiger partial charge in [0.1, 0.15) is 0 Å². The summed E-state index contributed by atoms with van der Waals surface area (Å²) >= 11 is 0. The van der Waals surface area contributed by atoms with Crippen LogP contribution >= 0.6 is 0 Å². The third-order valence-electron chi connectivity index (χ3n) is 6.88. The second-order valence-electron chi connectivity index (χ2n) is 9.15. The molecule has 1 atom stereocenters. The molecule has 0 saturated heterocycles. The van der Waals surface area contributed by atoms with Gasteiger partial charge in [0.05, 0.1) is 0 Å². The smallest absolute Gasteiger partial charge is 0.0358 e. The van der Waals surface area contributed by atoms with E-state index >= 15 is 0 Å². The summed E-state index contributed by atoms with van der Waals surface area (Å²) in [7, 11) is 0. The summed E-state index contributed by atoms with van der Waals surface area (Å²) in [6.45, 7) is 4.35. The van der Waals surface area contributed by atoms with Crippen molar-refractivity contribution in [3.05, 3.63) is 143 Å². The first-order chi connectivity index (χ1) is 16.2. The van der Waals surface area contributed by atoms with E-state index < -0.39 is 0 Å². The lowest BCUT2D eigenvalue weighted by molar-refractivity contribution is 1.01. The van der Waals surface area contributed by atoms with Crippen molar-refractivity contribution in [2.75, 3.05) is 0 Å². The van der Waals surface area contributed by atoms with Crippen LogP contribution in [-0.2, 0) is 0 Å². The first-order valence-corrected chi connectivity index (χ1v) is 11.7. The second kappa shape index (κ2) is 7.90. The molecule has 0 aromatic heterocycles. The van der Waals surface area contributed by atoms with E-state index in [9.17, 15) is 0 Å². The summed E-state index contributed by atoms with van der Waals surface area (Å²) in [5.74, 6) is 0.234. The highest BCUT2D eigenvalue weighted by Crippen LogP contribution is 2.53. The monoisotopic (exact) mass is 422 g/mol. The molecule has 1 aliphatic carbocycles. The van der Waals surface area contributed by atoms with Gasteiger partial charge in [-0.1, -0.05) is 114 Å². The predicted molar refractivity (Wildman–Crippen MR) is 140 cm³/mol. The van der Waals surface area contributed by atoms with Gasteiger partial charge in [-0.25, -0.2) is 0 Å². The molecule has 33 heavy (non-hydrogen) atoms. The molecule has 0 heterocycles. The van der Waals surface area contributed by atoms with Crippen molar-refractivity contribution in [3.8, 4) is 33.4 Å². The van der Waals surface area contributed by atoms with E-state index in [1.807, 2.05) is 0 Å². The Balaban J connectivity index is 1.70. The fourth-order valence-corrected chi connectivity index (χ4v) is 5.27. The fraction of sp³-hybridized carbons (Fsp3) is 0.0909. The van der Waals surface area contributed by atoms with Gasteiger partial charge >= 0.3 is 0 Å². The maximum Gasteiger partial charge on any atom is 0.0358 e. The number of hydrogen-bond donors (Lipinski definition) is 0. The van der Waals surface area contributed by atoms with Crippen molar-refractivity contribution >= 4 is 0 Å². The van der Waals surface area contributed by atoms with Crippen molar-refractivity contribution in [3.63, 3.8) is 0 Å². The maximum atomic E-state index is 2.40. The molecule has 0 heteroatoms. The second-order valence-corrected chi connectivity index (χ2v) is 9.15. The number of fused-ring (bicyclic) bond motifs is 3. The Kier molecular flexibility index (Phi) is 4.73. The van der Waals surface area contributed by atoms with Gasteiger partial charge in [-0.2, -0.15) is 0 Å². The summed E-state index contributed by atoms with van der Waals surface area (Å²) in [5.41, 5.74) is 14.6. The van der Waals surface area contributed by atoms with E-state index in [0.717, 1.165) is 0 Å². The number of rotatable bonds is 3. The van der Waals surface area contributed by atoms with E-state index in [4.69, 9.17) is 0 Å².